The summed E-state index contributed by atoms with van der Waals surface area (Å²) in [5.41, 5.74) is 3.53. The minimum atomic E-state index is -0.123. The Hall–Kier alpha value is -1.30. The summed E-state index contributed by atoms with van der Waals surface area (Å²) in [7, 11) is 1.61. The molecule has 0 saturated heterocycles. The van der Waals surface area contributed by atoms with Crippen LogP contribution < -0.4 is 11.3 Å². The van der Waals surface area contributed by atoms with E-state index in [2.05, 4.69) is 5.43 Å². The van der Waals surface area contributed by atoms with Crippen LogP contribution in [0.15, 0.2) is 18.2 Å². The van der Waals surface area contributed by atoms with Gasteiger partial charge in [0.05, 0.1) is 23.9 Å². The number of anilines is 1. The van der Waals surface area contributed by atoms with E-state index < -0.39 is 0 Å². The Bertz CT molecular complexity index is 440. The number of methoxy groups -OCH3 is 1. The van der Waals surface area contributed by atoms with Gasteiger partial charge in [-0.15, -0.1) is 0 Å². The zero-order valence-electron chi connectivity index (χ0n) is 11.4. The van der Waals surface area contributed by atoms with Gasteiger partial charge in [-0.05, 0) is 32.0 Å². The molecule has 3 N–H and O–H groups in total. The summed E-state index contributed by atoms with van der Waals surface area (Å²) in [5, 5.41) is 0.498. The Morgan fingerprint density at radius 3 is 2.79 bits per heavy atom. The summed E-state index contributed by atoms with van der Waals surface area (Å²) in [6, 6.07) is 4.96. The quantitative estimate of drug-likeness (QED) is 0.621. The number of benzene rings is 1. The summed E-state index contributed by atoms with van der Waals surface area (Å²) in [5.74, 6) is 5.30. The number of nitrogens with one attached hydrogen (secondary N) is 1. The second-order valence-electron chi connectivity index (χ2n) is 4.23. The van der Waals surface area contributed by atoms with Gasteiger partial charge in [-0.1, -0.05) is 11.6 Å². The van der Waals surface area contributed by atoms with Crippen molar-refractivity contribution in [2.45, 2.75) is 19.9 Å². The number of nitrogen functional groups attached to an aromatic ring is 1. The number of hydrogen-bond acceptors (Lipinski definition) is 4. The average molecular weight is 286 g/mol. The first-order chi connectivity index (χ1) is 9.04. The first-order valence-electron chi connectivity index (χ1n) is 6.11. The van der Waals surface area contributed by atoms with Crippen molar-refractivity contribution in [3.8, 4) is 0 Å². The molecule has 0 saturated carbocycles. The second-order valence-corrected chi connectivity index (χ2v) is 4.67. The number of carbonyl (C=O) groups excluding carboxylic acids is 1. The van der Waals surface area contributed by atoms with Crippen LogP contribution in [0.5, 0.6) is 0 Å². The van der Waals surface area contributed by atoms with Gasteiger partial charge in [-0.3, -0.25) is 10.6 Å². The van der Waals surface area contributed by atoms with Crippen molar-refractivity contribution in [3.63, 3.8) is 0 Å². The number of halogens is 1. The molecular weight excluding hydrogens is 266 g/mol. The molecule has 0 heterocycles. The van der Waals surface area contributed by atoms with Gasteiger partial charge < -0.3 is 15.1 Å². The Labute approximate surface area is 118 Å². The third-order valence-corrected chi connectivity index (χ3v) is 3.14. The van der Waals surface area contributed by atoms with Crippen molar-refractivity contribution in [1.29, 1.82) is 0 Å². The van der Waals surface area contributed by atoms with E-state index >= 15 is 0 Å². The molecule has 19 heavy (non-hydrogen) atoms. The molecule has 5 nitrogen and oxygen atoms in total. The Kier molecular flexibility index (Phi) is 6.08. The van der Waals surface area contributed by atoms with Crippen LogP contribution in [0.3, 0.4) is 0 Å². The topological polar surface area (TPSA) is 67.6 Å². The van der Waals surface area contributed by atoms with Gasteiger partial charge in [0.25, 0.3) is 5.91 Å². The third-order valence-electron chi connectivity index (χ3n) is 2.91. The van der Waals surface area contributed by atoms with Gasteiger partial charge in [0.15, 0.2) is 0 Å². The summed E-state index contributed by atoms with van der Waals surface area (Å²) in [6.45, 7) is 4.92. The number of likely N-dealkylation sites (N-methyl/N-ethyl adjacent to an activating group) is 1. The van der Waals surface area contributed by atoms with Gasteiger partial charge in [-0.2, -0.15) is 0 Å². The summed E-state index contributed by atoms with van der Waals surface area (Å²) >= 11 is 5.94. The van der Waals surface area contributed by atoms with Crippen LogP contribution in [0.2, 0.25) is 5.02 Å². The number of hydrogen-bond donors (Lipinski definition) is 2. The SMILES string of the molecule is CCN(C(=O)c1cc(Cl)ccc1NN)C(C)COC. The van der Waals surface area contributed by atoms with E-state index in [4.69, 9.17) is 22.2 Å². The predicted molar refractivity (Wildman–Crippen MR) is 77.3 cm³/mol. The lowest BCUT2D eigenvalue weighted by Gasteiger charge is -2.28. The highest BCUT2D eigenvalue weighted by atomic mass is 35.5. The van der Waals surface area contributed by atoms with Crippen molar-refractivity contribution in [1.82, 2.24) is 4.90 Å². The van der Waals surface area contributed by atoms with Crippen LogP contribution >= 0.6 is 11.6 Å². The summed E-state index contributed by atoms with van der Waals surface area (Å²) < 4.78 is 5.09. The maximum absolute atomic E-state index is 12.5. The molecule has 1 amide bonds. The molecule has 1 atom stereocenters. The maximum Gasteiger partial charge on any atom is 0.256 e. The predicted octanol–water partition coefficient (Wildman–Crippen LogP) is 2.12. The minimum absolute atomic E-state index is 0.0212. The molecule has 0 spiro atoms. The molecule has 1 aromatic carbocycles. The number of nitrogens with two attached hydrogens (primary N) is 1. The fraction of sp³-hybridized carbons (Fsp3) is 0.462. The lowest BCUT2D eigenvalue weighted by atomic mass is 10.1. The maximum atomic E-state index is 12.5. The number of ether oxygens (including phenoxy) is 1. The Morgan fingerprint density at radius 2 is 2.26 bits per heavy atom. The van der Waals surface area contributed by atoms with Crippen LogP contribution in [0.1, 0.15) is 24.2 Å². The van der Waals surface area contributed by atoms with E-state index in [0.717, 1.165) is 0 Å². The van der Waals surface area contributed by atoms with Crippen LogP contribution in [-0.2, 0) is 4.74 Å². The van der Waals surface area contributed by atoms with Crippen molar-refractivity contribution in [2.75, 3.05) is 25.7 Å². The van der Waals surface area contributed by atoms with Crippen LogP contribution in [0.4, 0.5) is 5.69 Å². The highest BCUT2D eigenvalue weighted by Gasteiger charge is 2.22. The first-order valence-corrected chi connectivity index (χ1v) is 6.49. The standard InChI is InChI=1S/C13H20ClN3O2/c1-4-17(9(2)8-19-3)13(18)11-7-10(14)5-6-12(11)16-15/h5-7,9,16H,4,8,15H2,1-3H3. The van der Waals surface area contributed by atoms with Gasteiger partial charge >= 0.3 is 0 Å². The molecule has 1 unspecified atom stereocenters. The highest BCUT2D eigenvalue weighted by Crippen LogP contribution is 2.22. The van der Waals surface area contributed by atoms with Crippen LogP contribution in [0, 0.1) is 0 Å². The number of hydrazine groups is 1. The molecule has 6 heteroatoms. The van der Waals surface area contributed by atoms with E-state index in [1.807, 2.05) is 13.8 Å². The molecule has 0 aliphatic heterocycles. The molecule has 0 bridgehead atoms. The molecule has 0 aromatic heterocycles. The van der Waals surface area contributed by atoms with E-state index in [1.54, 1.807) is 30.2 Å². The average Bonchev–Trinajstić information content (AvgIpc) is 2.39. The summed E-state index contributed by atoms with van der Waals surface area (Å²) in [6.07, 6.45) is 0. The molecule has 0 aliphatic carbocycles. The fourth-order valence-electron chi connectivity index (χ4n) is 1.96. The monoisotopic (exact) mass is 285 g/mol. The van der Waals surface area contributed by atoms with Crippen molar-refractivity contribution < 1.29 is 9.53 Å². The first kappa shape index (κ1) is 15.8. The largest absolute Gasteiger partial charge is 0.383 e. The normalized spacial score (nSPS) is 12.1. The van der Waals surface area contributed by atoms with Gasteiger partial charge in [0.2, 0.25) is 0 Å². The van der Waals surface area contributed by atoms with Crippen LogP contribution in [0.25, 0.3) is 0 Å². The van der Waals surface area contributed by atoms with Crippen molar-refractivity contribution in [2.24, 2.45) is 5.84 Å². The van der Waals surface area contributed by atoms with Crippen molar-refractivity contribution in [3.05, 3.63) is 28.8 Å². The smallest absolute Gasteiger partial charge is 0.256 e. The van der Waals surface area contributed by atoms with Gasteiger partial charge in [0, 0.05) is 18.7 Å². The molecule has 0 radical (unpaired) electrons. The lowest BCUT2D eigenvalue weighted by Crippen LogP contribution is -2.41. The third kappa shape index (κ3) is 3.83. The molecule has 0 fully saturated rings. The highest BCUT2D eigenvalue weighted by molar-refractivity contribution is 6.31. The molecule has 0 aliphatic rings. The van der Waals surface area contributed by atoms with Crippen LogP contribution in [-0.4, -0.2) is 37.1 Å². The zero-order chi connectivity index (χ0) is 14.4. The molecule has 1 rings (SSSR count). The minimum Gasteiger partial charge on any atom is -0.383 e. The lowest BCUT2D eigenvalue weighted by molar-refractivity contribution is 0.0580. The zero-order valence-corrected chi connectivity index (χ0v) is 12.2. The Morgan fingerprint density at radius 1 is 1.58 bits per heavy atom. The summed E-state index contributed by atoms with van der Waals surface area (Å²) in [4.78, 5) is 14.3. The second kappa shape index (κ2) is 7.33. The van der Waals surface area contributed by atoms with E-state index in [-0.39, 0.29) is 11.9 Å². The molecule has 1 aromatic rings. The van der Waals surface area contributed by atoms with E-state index in [1.165, 1.54) is 0 Å². The fourth-order valence-corrected chi connectivity index (χ4v) is 2.13. The van der Waals surface area contributed by atoms with Gasteiger partial charge in [-0.25, -0.2) is 0 Å². The molecule has 106 valence electrons. The van der Waals surface area contributed by atoms with E-state index in [9.17, 15) is 4.79 Å². The Balaban J connectivity index is 3.06. The van der Waals surface area contributed by atoms with Crippen molar-refractivity contribution >= 4 is 23.2 Å². The molecular formula is C13H20ClN3O2. The number of amides is 1. The van der Waals surface area contributed by atoms with Gasteiger partial charge in [0.1, 0.15) is 0 Å². The number of rotatable bonds is 6. The number of carbonyl (C=O) groups is 1. The van der Waals surface area contributed by atoms with E-state index in [0.29, 0.717) is 29.4 Å². The number of nitrogens with zero attached hydrogens (tertiary/aromatic N) is 1.